The average molecular weight is 251 g/mol. The van der Waals surface area contributed by atoms with Crippen molar-refractivity contribution in [3.05, 3.63) is 29.8 Å². The molecule has 0 saturated carbocycles. The Balaban J connectivity index is 0.00000121. The molecule has 0 aliphatic heterocycles. The van der Waals surface area contributed by atoms with Gasteiger partial charge in [0.2, 0.25) is 3.79 Å². The minimum atomic E-state index is -1.33. The summed E-state index contributed by atoms with van der Waals surface area (Å²) in [7, 11) is 0. The van der Waals surface area contributed by atoms with Crippen molar-refractivity contribution in [2.24, 2.45) is 0 Å². The molecule has 12 heavy (non-hydrogen) atoms. The molecule has 0 spiro atoms. The van der Waals surface area contributed by atoms with Crippen molar-refractivity contribution in [3.8, 4) is 0 Å². The van der Waals surface area contributed by atoms with E-state index >= 15 is 0 Å². The Morgan fingerprint density at radius 1 is 1.00 bits per heavy atom. The SMILES string of the molecule is Sc1ccc(C(Cl)(Cl)Cl)cc1.[Na]. The molecule has 0 fully saturated rings. The number of halogens is 3. The summed E-state index contributed by atoms with van der Waals surface area (Å²) in [5, 5.41) is 0. The van der Waals surface area contributed by atoms with Crippen LogP contribution in [0.1, 0.15) is 5.56 Å². The van der Waals surface area contributed by atoms with Gasteiger partial charge in [0.05, 0.1) is 0 Å². The van der Waals surface area contributed by atoms with Crippen LogP contribution in [0.25, 0.3) is 0 Å². The van der Waals surface area contributed by atoms with Crippen LogP contribution in [0.4, 0.5) is 0 Å². The molecule has 0 aliphatic rings. The zero-order valence-electron chi connectivity index (χ0n) is 6.39. The van der Waals surface area contributed by atoms with E-state index in [9.17, 15) is 0 Å². The smallest absolute Gasteiger partial charge is 0.143 e. The monoisotopic (exact) mass is 249 g/mol. The second kappa shape index (κ2) is 5.35. The van der Waals surface area contributed by atoms with Crippen molar-refractivity contribution in [2.75, 3.05) is 0 Å². The fraction of sp³-hybridized carbons (Fsp3) is 0.143. The van der Waals surface area contributed by atoms with Crippen LogP contribution in [0.15, 0.2) is 29.2 Å². The molecule has 0 saturated heterocycles. The van der Waals surface area contributed by atoms with Crippen molar-refractivity contribution >= 4 is 77.0 Å². The maximum atomic E-state index is 5.62. The molecule has 0 aromatic heterocycles. The summed E-state index contributed by atoms with van der Waals surface area (Å²) in [4.78, 5) is 0.850. The topological polar surface area (TPSA) is 0 Å². The van der Waals surface area contributed by atoms with E-state index in [1.165, 1.54) is 0 Å². The van der Waals surface area contributed by atoms with Gasteiger partial charge in [-0.15, -0.1) is 12.6 Å². The minimum absolute atomic E-state index is 0. The first-order chi connectivity index (χ1) is 5.00. The maximum Gasteiger partial charge on any atom is 0.216 e. The third-order valence-electron chi connectivity index (χ3n) is 1.19. The molecule has 0 N–H and O–H groups in total. The molecular weight excluding hydrogens is 245 g/mol. The Morgan fingerprint density at radius 2 is 1.42 bits per heavy atom. The number of hydrogen-bond donors (Lipinski definition) is 1. The number of thiol groups is 1. The molecule has 1 aromatic rings. The van der Waals surface area contributed by atoms with Crippen molar-refractivity contribution in [3.63, 3.8) is 0 Å². The Bertz CT molecular complexity index is 242. The van der Waals surface area contributed by atoms with E-state index < -0.39 is 3.79 Å². The predicted molar refractivity (Wildman–Crippen MR) is 58.7 cm³/mol. The zero-order chi connectivity index (χ0) is 8.48. The van der Waals surface area contributed by atoms with Gasteiger partial charge in [0.15, 0.2) is 0 Å². The van der Waals surface area contributed by atoms with Gasteiger partial charge >= 0.3 is 0 Å². The Labute approximate surface area is 114 Å². The third-order valence-corrected chi connectivity index (χ3v) is 2.15. The fourth-order valence-electron chi connectivity index (χ4n) is 0.650. The van der Waals surface area contributed by atoms with E-state index in [4.69, 9.17) is 34.8 Å². The van der Waals surface area contributed by atoms with Crippen LogP contribution >= 0.6 is 47.4 Å². The van der Waals surface area contributed by atoms with Crippen LogP contribution in [0.5, 0.6) is 0 Å². The molecule has 0 atom stereocenters. The van der Waals surface area contributed by atoms with Gasteiger partial charge in [0.1, 0.15) is 0 Å². The van der Waals surface area contributed by atoms with Gasteiger partial charge in [-0.1, -0.05) is 46.9 Å². The molecule has 0 bridgehead atoms. The number of benzene rings is 1. The standard InChI is InChI=1S/C7H5Cl3S.Na/c8-7(9,10)5-1-3-6(11)4-2-5;/h1-4,11H;. The van der Waals surface area contributed by atoms with E-state index in [1.54, 1.807) is 24.3 Å². The third kappa shape index (κ3) is 4.10. The van der Waals surface area contributed by atoms with Gasteiger partial charge in [-0.05, 0) is 12.1 Å². The van der Waals surface area contributed by atoms with E-state index in [0.717, 1.165) is 4.90 Å². The Hall–Kier alpha value is 1.44. The zero-order valence-corrected chi connectivity index (χ0v) is 11.6. The average Bonchev–Trinajstić information content (AvgIpc) is 1.86. The second-order valence-electron chi connectivity index (χ2n) is 2.04. The first-order valence-electron chi connectivity index (χ1n) is 2.86. The molecule has 1 radical (unpaired) electrons. The van der Waals surface area contributed by atoms with Crippen LogP contribution in [0.3, 0.4) is 0 Å². The van der Waals surface area contributed by atoms with Gasteiger partial charge in [-0.25, -0.2) is 0 Å². The number of rotatable bonds is 0. The van der Waals surface area contributed by atoms with Gasteiger partial charge < -0.3 is 0 Å². The van der Waals surface area contributed by atoms with Crippen molar-refractivity contribution in [1.82, 2.24) is 0 Å². The first-order valence-corrected chi connectivity index (χ1v) is 4.44. The summed E-state index contributed by atoms with van der Waals surface area (Å²) in [5.41, 5.74) is 0.653. The van der Waals surface area contributed by atoms with Crippen LogP contribution in [-0.2, 0) is 3.79 Å². The van der Waals surface area contributed by atoms with E-state index in [-0.39, 0.29) is 29.6 Å². The summed E-state index contributed by atoms with van der Waals surface area (Å²) in [5.74, 6) is 0. The van der Waals surface area contributed by atoms with Crippen LogP contribution in [0, 0.1) is 0 Å². The predicted octanol–water partition coefficient (Wildman–Crippen LogP) is 3.42. The quantitative estimate of drug-likeness (QED) is 0.407. The van der Waals surface area contributed by atoms with E-state index in [2.05, 4.69) is 12.6 Å². The molecule has 1 rings (SSSR count). The van der Waals surface area contributed by atoms with Gasteiger partial charge in [0.25, 0.3) is 0 Å². The largest absolute Gasteiger partial charge is 0.216 e. The summed E-state index contributed by atoms with van der Waals surface area (Å²) in [6, 6.07) is 7.02. The molecule has 1 aromatic carbocycles. The molecule has 5 heteroatoms. The summed E-state index contributed by atoms with van der Waals surface area (Å²) in [6.07, 6.45) is 0. The maximum absolute atomic E-state index is 5.62. The number of hydrogen-bond acceptors (Lipinski definition) is 1. The van der Waals surface area contributed by atoms with Gasteiger partial charge in [-0.2, -0.15) is 0 Å². The van der Waals surface area contributed by atoms with E-state index in [1.807, 2.05) is 0 Å². The molecule has 0 unspecified atom stereocenters. The summed E-state index contributed by atoms with van der Waals surface area (Å²) >= 11 is 20.9. The molecular formula is C7H5Cl3NaS. The molecule has 0 amide bonds. The van der Waals surface area contributed by atoms with Crippen LogP contribution in [-0.4, -0.2) is 29.6 Å². The molecule has 0 heterocycles. The molecule has 0 nitrogen and oxygen atoms in total. The summed E-state index contributed by atoms with van der Waals surface area (Å²) < 4.78 is -1.33. The van der Waals surface area contributed by atoms with E-state index in [0.29, 0.717) is 5.56 Å². The van der Waals surface area contributed by atoms with Crippen LogP contribution < -0.4 is 0 Å². The molecule has 61 valence electrons. The van der Waals surface area contributed by atoms with Crippen molar-refractivity contribution < 1.29 is 0 Å². The first kappa shape index (κ1) is 13.4. The number of alkyl halides is 3. The second-order valence-corrected chi connectivity index (χ2v) is 4.84. The fourth-order valence-corrected chi connectivity index (χ4v) is 1.18. The van der Waals surface area contributed by atoms with Gasteiger partial charge in [-0.3, -0.25) is 0 Å². The summed E-state index contributed by atoms with van der Waals surface area (Å²) in [6.45, 7) is 0. The molecule has 0 aliphatic carbocycles. The minimum Gasteiger partial charge on any atom is -0.143 e. The Kier molecular flexibility index (Phi) is 6.00. The normalized spacial score (nSPS) is 10.7. The van der Waals surface area contributed by atoms with Crippen molar-refractivity contribution in [2.45, 2.75) is 8.69 Å². The van der Waals surface area contributed by atoms with Crippen LogP contribution in [0.2, 0.25) is 0 Å². The van der Waals surface area contributed by atoms with Crippen molar-refractivity contribution in [1.29, 1.82) is 0 Å². The Morgan fingerprint density at radius 3 is 1.75 bits per heavy atom. The van der Waals surface area contributed by atoms with Gasteiger partial charge in [0, 0.05) is 40.0 Å².